The zero-order valence-corrected chi connectivity index (χ0v) is 10.5. The second-order valence-corrected chi connectivity index (χ2v) is 5.34. The molecule has 92 valence electrons. The predicted molar refractivity (Wildman–Crippen MR) is 70.9 cm³/mol. The lowest BCUT2D eigenvalue weighted by molar-refractivity contribution is 0.519. The molecule has 0 unspecified atom stereocenters. The second-order valence-electron chi connectivity index (χ2n) is 5.34. The van der Waals surface area contributed by atoms with Crippen molar-refractivity contribution < 1.29 is 0 Å². The Hall–Kier alpha value is -0.860. The topological polar surface area (TPSA) is 24.1 Å². The first kappa shape index (κ1) is 11.2. The van der Waals surface area contributed by atoms with Crippen molar-refractivity contribution in [1.82, 2.24) is 10.6 Å². The lowest BCUT2D eigenvalue weighted by atomic mass is 9.96. The van der Waals surface area contributed by atoms with Gasteiger partial charge in [-0.25, -0.2) is 0 Å². The molecule has 17 heavy (non-hydrogen) atoms. The van der Waals surface area contributed by atoms with Gasteiger partial charge in [0.05, 0.1) is 0 Å². The van der Waals surface area contributed by atoms with Crippen LogP contribution in [0.2, 0.25) is 0 Å². The Kier molecular flexibility index (Phi) is 3.44. The zero-order valence-electron chi connectivity index (χ0n) is 10.5. The fourth-order valence-corrected chi connectivity index (χ4v) is 3.14. The normalized spacial score (nSPS) is 20.5. The Morgan fingerprint density at radius 1 is 1.24 bits per heavy atom. The third-order valence-corrected chi connectivity index (χ3v) is 4.18. The maximum atomic E-state index is 3.72. The molecular formula is C15H22N2. The van der Waals surface area contributed by atoms with E-state index in [-0.39, 0.29) is 0 Å². The van der Waals surface area contributed by atoms with Crippen LogP contribution in [0.15, 0.2) is 18.2 Å². The minimum atomic E-state index is 0.766. The molecular weight excluding hydrogens is 208 g/mol. The average Bonchev–Trinajstić information content (AvgIpc) is 2.89. The van der Waals surface area contributed by atoms with E-state index in [1.807, 2.05) is 0 Å². The maximum Gasteiger partial charge on any atom is 0.0211 e. The lowest BCUT2D eigenvalue weighted by Crippen LogP contribution is -2.29. The number of benzene rings is 1. The third-order valence-electron chi connectivity index (χ3n) is 4.18. The minimum absolute atomic E-state index is 0.766. The number of rotatable bonds is 3. The van der Waals surface area contributed by atoms with E-state index in [0.717, 1.165) is 25.7 Å². The van der Waals surface area contributed by atoms with Crippen molar-refractivity contribution in [1.29, 1.82) is 0 Å². The molecule has 2 N–H and O–H groups in total. The Morgan fingerprint density at radius 3 is 3.00 bits per heavy atom. The van der Waals surface area contributed by atoms with Gasteiger partial charge in [-0.15, -0.1) is 0 Å². The van der Waals surface area contributed by atoms with Gasteiger partial charge in [0.15, 0.2) is 0 Å². The summed E-state index contributed by atoms with van der Waals surface area (Å²) in [6, 6.07) is 7.56. The maximum absolute atomic E-state index is 3.72. The second kappa shape index (κ2) is 5.19. The van der Waals surface area contributed by atoms with Gasteiger partial charge in [-0.05, 0) is 42.5 Å². The van der Waals surface area contributed by atoms with Crippen LogP contribution < -0.4 is 10.6 Å². The van der Waals surface area contributed by atoms with Crippen LogP contribution in [0.1, 0.15) is 42.4 Å². The number of nitrogens with one attached hydrogen (secondary N) is 2. The van der Waals surface area contributed by atoms with Gasteiger partial charge < -0.3 is 10.6 Å². The first-order chi connectivity index (χ1) is 8.43. The van der Waals surface area contributed by atoms with Gasteiger partial charge in [-0.3, -0.25) is 0 Å². The number of hydrogen-bond acceptors (Lipinski definition) is 2. The molecule has 1 saturated carbocycles. The van der Waals surface area contributed by atoms with E-state index in [1.165, 1.54) is 37.7 Å². The number of hydrogen-bond donors (Lipinski definition) is 2. The molecule has 3 rings (SSSR count). The highest BCUT2D eigenvalue weighted by Crippen LogP contribution is 2.21. The van der Waals surface area contributed by atoms with Crippen LogP contribution in [0.3, 0.4) is 0 Å². The van der Waals surface area contributed by atoms with Gasteiger partial charge in [-0.1, -0.05) is 31.0 Å². The highest BCUT2D eigenvalue weighted by Gasteiger charge is 2.16. The molecule has 2 nitrogen and oxygen atoms in total. The van der Waals surface area contributed by atoms with Crippen molar-refractivity contribution in [3.63, 3.8) is 0 Å². The van der Waals surface area contributed by atoms with Gasteiger partial charge in [0.2, 0.25) is 0 Å². The molecule has 0 atom stereocenters. The average molecular weight is 230 g/mol. The highest BCUT2D eigenvalue weighted by atomic mass is 14.9. The summed E-state index contributed by atoms with van der Waals surface area (Å²) in [5.74, 6) is 0. The fraction of sp³-hybridized carbons (Fsp3) is 0.600. The monoisotopic (exact) mass is 230 g/mol. The summed E-state index contributed by atoms with van der Waals surface area (Å²) in [5.41, 5.74) is 4.60. The van der Waals surface area contributed by atoms with Crippen LogP contribution in [0.4, 0.5) is 0 Å². The van der Waals surface area contributed by atoms with Crippen LogP contribution in [-0.2, 0) is 19.5 Å². The van der Waals surface area contributed by atoms with Gasteiger partial charge in [-0.2, -0.15) is 0 Å². The van der Waals surface area contributed by atoms with E-state index in [0.29, 0.717) is 0 Å². The molecule has 0 spiro atoms. The van der Waals surface area contributed by atoms with Gasteiger partial charge in [0, 0.05) is 19.1 Å². The zero-order chi connectivity index (χ0) is 11.5. The predicted octanol–water partition coefficient (Wildman–Crippen LogP) is 2.36. The molecule has 1 aromatic rings. The molecule has 1 aromatic carbocycles. The summed E-state index contributed by atoms with van der Waals surface area (Å²) in [7, 11) is 0. The van der Waals surface area contributed by atoms with Crippen LogP contribution in [0.25, 0.3) is 0 Å². The van der Waals surface area contributed by atoms with Crippen molar-refractivity contribution in [2.24, 2.45) is 0 Å². The van der Waals surface area contributed by atoms with Crippen molar-refractivity contribution in [2.75, 3.05) is 6.54 Å². The Bertz CT molecular complexity index is 381. The van der Waals surface area contributed by atoms with Gasteiger partial charge in [0.25, 0.3) is 0 Å². The summed E-state index contributed by atoms with van der Waals surface area (Å²) in [5, 5.41) is 7.20. The SMILES string of the molecule is c1cc2c(c(CNC3CCCC3)c1)CNCC2. The van der Waals surface area contributed by atoms with E-state index in [2.05, 4.69) is 28.8 Å². The molecule has 0 amide bonds. The quantitative estimate of drug-likeness (QED) is 0.833. The molecule has 2 aliphatic rings. The first-order valence-corrected chi connectivity index (χ1v) is 6.97. The number of fused-ring (bicyclic) bond motifs is 1. The lowest BCUT2D eigenvalue weighted by Gasteiger charge is -2.21. The molecule has 1 aliphatic heterocycles. The summed E-state index contributed by atoms with van der Waals surface area (Å²) < 4.78 is 0. The largest absolute Gasteiger partial charge is 0.312 e. The smallest absolute Gasteiger partial charge is 0.0211 e. The Balaban J connectivity index is 1.69. The van der Waals surface area contributed by atoms with Crippen LogP contribution in [-0.4, -0.2) is 12.6 Å². The molecule has 1 fully saturated rings. The van der Waals surface area contributed by atoms with E-state index >= 15 is 0 Å². The molecule has 2 heteroatoms. The van der Waals surface area contributed by atoms with Crippen molar-refractivity contribution in [2.45, 2.75) is 51.2 Å². The molecule has 0 bridgehead atoms. The first-order valence-electron chi connectivity index (χ1n) is 6.97. The molecule has 1 heterocycles. The molecule has 0 saturated heterocycles. The molecule has 0 radical (unpaired) electrons. The summed E-state index contributed by atoms with van der Waals surface area (Å²) in [6.07, 6.45) is 6.74. The van der Waals surface area contributed by atoms with Crippen LogP contribution in [0, 0.1) is 0 Å². The van der Waals surface area contributed by atoms with Crippen LogP contribution in [0.5, 0.6) is 0 Å². The minimum Gasteiger partial charge on any atom is -0.312 e. The van der Waals surface area contributed by atoms with Gasteiger partial charge in [0.1, 0.15) is 0 Å². The van der Waals surface area contributed by atoms with E-state index in [4.69, 9.17) is 0 Å². The standard InChI is InChI=1S/C15H22N2/c1-2-7-14(6-1)17-10-13-5-3-4-12-8-9-16-11-15(12)13/h3-5,14,16-17H,1-2,6-11H2. The summed E-state index contributed by atoms with van der Waals surface area (Å²) in [4.78, 5) is 0. The highest BCUT2D eigenvalue weighted by molar-refractivity contribution is 5.36. The Morgan fingerprint density at radius 2 is 2.12 bits per heavy atom. The van der Waals surface area contributed by atoms with E-state index in [1.54, 1.807) is 11.1 Å². The Labute approximate surface area is 104 Å². The summed E-state index contributed by atoms with van der Waals surface area (Å²) in [6.45, 7) is 3.24. The fourth-order valence-electron chi connectivity index (χ4n) is 3.14. The van der Waals surface area contributed by atoms with Crippen molar-refractivity contribution in [3.8, 4) is 0 Å². The van der Waals surface area contributed by atoms with E-state index < -0.39 is 0 Å². The summed E-state index contributed by atoms with van der Waals surface area (Å²) >= 11 is 0. The van der Waals surface area contributed by atoms with Crippen molar-refractivity contribution in [3.05, 3.63) is 34.9 Å². The van der Waals surface area contributed by atoms with E-state index in [9.17, 15) is 0 Å². The van der Waals surface area contributed by atoms with Gasteiger partial charge >= 0.3 is 0 Å². The third kappa shape index (κ3) is 2.53. The van der Waals surface area contributed by atoms with Crippen molar-refractivity contribution >= 4 is 0 Å². The molecule has 1 aliphatic carbocycles. The van der Waals surface area contributed by atoms with Crippen LogP contribution >= 0.6 is 0 Å². The molecule has 0 aromatic heterocycles.